The van der Waals surface area contributed by atoms with Crippen molar-refractivity contribution in [2.45, 2.75) is 57.0 Å². The summed E-state index contributed by atoms with van der Waals surface area (Å²) >= 11 is 0. The Balaban J connectivity index is 1.50. The van der Waals surface area contributed by atoms with Crippen molar-refractivity contribution in [3.05, 3.63) is 29.8 Å². The van der Waals surface area contributed by atoms with E-state index in [1.54, 1.807) is 38.4 Å². The molecule has 1 N–H and O–H groups in total. The first-order valence-corrected chi connectivity index (χ1v) is 10.5. The third-order valence-corrected chi connectivity index (χ3v) is 5.85. The molecule has 2 fully saturated rings. The number of carbonyl (C=O) groups is 2. The molecule has 0 radical (unpaired) electrons. The van der Waals surface area contributed by atoms with E-state index >= 15 is 0 Å². The zero-order valence-corrected chi connectivity index (χ0v) is 17.2. The van der Waals surface area contributed by atoms with Crippen LogP contribution in [0.2, 0.25) is 0 Å². The van der Waals surface area contributed by atoms with E-state index in [0.717, 1.165) is 19.5 Å². The summed E-state index contributed by atoms with van der Waals surface area (Å²) in [5.74, 6) is 0.353. The topological polar surface area (TPSA) is 61.9 Å². The first-order valence-electron chi connectivity index (χ1n) is 10.5. The van der Waals surface area contributed by atoms with Gasteiger partial charge in [-0.2, -0.15) is 0 Å². The smallest absolute Gasteiger partial charge is 0.259 e. The summed E-state index contributed by atoms with van der Waals surface area (Å²) in [6, 6.07) is 7.94. The molecule has 1 saturated heterocycles. The van der Waals surface area contributed by atoms with Gasteiger partial charge < -0.3 is 15.0 Å². The third kappa shape index (κ3) is 5.71. The second kappa shape index (κ2) is 9.92. The van der Waals surface area contributed by atoms with Gasteiger partial charge in [-0.25, -0.2) is 0 Å². The van der Waals surface area contributed by atoms with Gasteiger partial charge in [-0.15, -0.1) is 0 Å². The standard InChI is InChI=1S/C22H33N3O3/c1-24(2)21(26)16-28-20-11-7-8-17(14-20)22(27)23-18-12-13-25(15-18)19-9-5-3-4-6-10-19/h7-8,11,14,18-19H,3-6,9-10,12-13,15-16H2,1-2H3,(H,23,27). The number of likely N-dealkylation sites (tertiary alicyclic amines) is 1. The highest BCUT2D eigenvalue weighted by Gasteiger charge is 2.29. The van der Waals surface area contributed by atoms with Crippen molar-refractivity contribution in [3.8, 4) is 5.75 Å². The molecule has 1 unspecified atom stereocenters. The molecule has 1 saturated carbocycles. The minimum Gasteiger partial charge on any atom is -0.484 e. The quantitative estimate of drug-likeness (QED) is 0.763. The minimum absolute atomic E-state index is 0.0307. The van der Waals surface area contributed by atoms with Crippen LogP contribution in [0.4, 0.5) is 0 Å². The minimum atomic E-state index is -0.112. The number of nitrogens with zero attached hydrogens (tertiary/aromatic N) is 2. The van der Waals surface area contributed by atoms with Crippen LogP contribution in [0.1, 0.15) is 55.3 Å². The Morgan fingerprint density at radius 2 is 1.89 bits per heavy atom. The average molecular weight is 388 g/mol. The van der Waals surface area contributed by atoms with Crippen LogP contribution in [0.3, 0.4) is 0 Å². The molecule has 1 heterocycles. The normalized spacial score (nSPS) is 21.1. The lowest BCUT2D eigenvalue weighted by atomic mass is 10.1. The van der Waals surface area contributed by atoms with Gasteiger partial charge in [-0.1, -0.05) is 31.7 Å². The van der Waals surface area contributed by atoms with Gasteiger partial charge in [0, 0.05) is 44.8 Å². The number of amides is 2. The second-order valence-corrected chi connectivity index (χ2v) is 8.20. The molecule has 1 atom stereocenters. The molecule has 154 valence electrons. The highest BCUT2D eigenvalue weighted by atomic mass is 16.5. The van der Waals surface area contributed by atoms with Gasteiger partial charge in [0.05, 0.1) is 0 Å². The number of carbonyl (C=O) groups excluding carboxylic acids is 2. The second-order valence-electron chi connectivity index (χ2n) is 8.20. The first kappa shape index (κ1) is 20.6. The van der Waals surface area contributed by atoms with Crippen LogP contribution < -0.4 is 10.1 Å². The molecule has 1 aliphatic heterocycles. The van der Waals surface area contributed by atoms with Gasteiger partial charge in [0.15, 0.2) is 6.61 Å². The molecule has 1 aromatic carbocycles. The number of hydrogen-bond donors (Lipinski definition) is 1. The first-order chi connectivity index (χ1) is 13.5. The van der Waals surface area contributed by atoms with Crippen LogP contribution in [0.25, 0.3) is 0 Å². The Morgan fingerprint density at radius 1 is 1.14 bits per heavy atom. The largest absolute Gasteiger partial charge is 0.484 e. The Morgan fingerprint density at radius 3 is 2.61 bits per heavy atom. The zero-order valence-electron chi connectivity index (χ0n) is 17.2. The van der Waals surface area contributed by atoms with E-state index in [1.807, 2.05) is 0 Å². The lowest BCUT2D eigenvalue weighted by Gasteiger charge is -2.26. The van der Waals surface area contributed by atoms with E-state index in [9.17, 15) is 9.59 Å². The van der Waals surface area contributed by atoms with E-state index in [-0.39, 0.29) is 24.5 Å². The Hall–Kier alpha value is -2.08. The van der Waals surface area contributed by atoms with Gasteiger partial charge >= 0.3 is 0 Å². The molecule has 1 aliphatic carbocycles. The maximum absolute atomic E-state index is 12.7. The number of ether oxygens (including phenoxy) is 1. The molecule has 0 aromatic heterocycles. The van der Waals surface area contributed by atoms with Crippen LogP contribution >= 0.6 is 0 Å². The predicted molar refractivity (Wildman–Crippen MR) is 110 cm³/mol. The summed E-state index contributed by atoms with van der Waals surface area (Å²) in [7, 11) is 3.38. The van der Waals surface area contributed by atoms with E-state index in [4.69, 9.17) is 4.74 Å². The SMILES string of the molecule is CN(C)C(=O)COc1cccc(C(=O)NC2CCN(C3CCCCCC3)C2)c1. The summed E-state index contributed by atoms with van der Waals surface area (Å²) in [6.07, 6.45) is 9.00. The van der Waals surface area contributed by atoms with Gasteiger partial charge in [-0.3, -0.25) is 14.5 Å². The molecule has 28 heavy (non-hydrogen) atoms. The van der Waals surface area contributed by atoms with Crippen molar-refractivity contribution in [3.63, 3.8) is 0 Å². The maximum atomic E-state index is 12.7. The Kier molecular flexibility index (Phi) is 7.31. The number of benzene rings is 1. The molecule has 2 aliphatic rings. The summed E-state index contributed by atoms with van der Waals surface area (Å²) < 4.78 is 5.52. The summed E-state index contributed by atoms with van der Waals surface area (Å²) in [6.45, 7) is 1.99. The summed E-state index contributed by atoms with van der Waals surface area (Å²) in [5, 5.41) is 3.18. The lowest BCUT2D eigenvalue weighted by Crippen LogP contribution is -2.39. The molecular weight excluding hydrogens is 354 g/mol. The van der Waals surface area contributed by atoms with Crippen LogP contribution in [0.5, 0.6) is 5.75 Å². The fourth-order valence-electron chi connectivity index (χ4n) is 4.13. The molecular formula is C22H33N3O3. The molecule has 0 bridgehead atoms. The van der Waals surface area contributed by atoms with Gasteiger partial charge in [0.2, 0.25) is 0 Å². The molecule has 2 amide bonds. The lowest BCUT2D eigenvalue weighted by molar-refractivity contribution is -0.130. The van der Waals surface area contributed by atoms with Gasteiger partial charge in [0.25, 0.3) is 11.8 Å². The third-order valence-electron chi connectivity index (χ3n) is 5.85. The van der Waals surface area contributed by atoms with Crippen LogP contribution in [-0.4, -0.2) is 67.5 Å². The van der Waals surface area contributed by atoms with Gasteiger partial charge in [-0.05, 0) is 37.5 Å². The van der Waals surface area contributed by atoms with E-state index < -0.39 is 0 Å². The maximum Gasteiger partial charge on any atom is 0.259 e. The fraction of sp³-hybridized carbons (Fsp3) is 0.636. The van der Waals surface area contributed by atoms with E-state index in [0.29, 0.717) is 17.4 Å². The van der Waals surface area contributed by atoms with Crippen LogP contribution in [0.15, 0.2) is 24.3 Å². The number of hydrogen-bond acceptors (Lipinski definition) is 4. The number of nitrogens with one attached hydrogen (secondary N) is 1. The Bertz CT molecular complexity index is 669. The number of rotatable bonds is 6. The monoisotopic (exact) mass is 387 g/mol. The molecule has 6 nitrogen and oxygen atoms in total. The molecule has 6 heteroatoms. The van der Waals surface area contributed by atoms with Crippen molar-refractivity contribution < 1.29 is 14.3 Å². The van der Waals surface area contributed by atoms with Crippen molar-refractivity contribution in [2.75, 3.05) is 33.8 Å². The fourth-order valence-corrected chi connectivity index (χ4v) is 4.13. The molecule has 1 aromatic rings. The molecule has 3 rings (SSSR count). The van der Waals surface area contributed by atoms with Crippen LogP contribution in [-0.2, 0) is 4.79 Å². The van der Waals surface area contributed by atoms with E-state index in [2.05, 4.69) is 10.2 Å². The van der Waals surface area contributed by atoms with E-state index in [1.165, 1.54) is 43.4 Å². The van der Waals surface area contributed by atoms with Gasteiger partial charge in [0.1, 0.15) is 5.75 Å². The van der Waals surface area contributed by atoms with Crippen molar-refractivity contribution in [1.29, 1.82) is 0 Å². The Labute approximate surface area is 168 Å². The summed E-state index contributed by atoms with van der Waals surface area (Å²) in [4.78, 5) is 28.4. The predicted octanol–water partition coefficient (Wildman–Crippen LogP) is 2.68. The van der Waals surface area contributed by atoms with Crippen molar-refractivity contribution >= 4 is 11.8 Å². The number of likely N-dealkylation sites (N-methyl/N-ethyl adjacent to an activating group) is 1. The average Bonchev–Trinajstić information content (AvgIpc) is 2.98. The van der Waals surface area contributed by atoms with Crippen LogP contribution in [0, 0.1) is 0 Å². The highest BCUT2D eigenvalue weighted by Crippen LogP contribution is 2.25. The highest BCUT2D eigenvalue weighted by molar-refractivity contribution is 5.94. The molecule has 0 spiro atoms. The summed E-state index contributed by atoms with van der Waals surface area (Å²) in [5.41, 5.74) is 0.572. The zero-order chi connectivity index (χ0) is 19.9. The van der Waals surface area contributed by atoms with Crippen molar-refractivity contribution in [1.82, 2.24) is 15.1 Å². The van der Waals surface area contributed by atoms with Crippen molar-refractivity contribution in [2.24, 2.45) is 0 Å².